The second-order valence-electron chi connectivity index (χ2n) is 5.59. The first kappa shape index (κ1) is 18.4. The Morgan fingerprint density at radius 2 is 1.63 bits per heavy atom. The van der Waals surface area contributed by atoms with Gasteiger partial charge in [0.25, 0.3) is 5.91 Å². The number of amides is 1. The number of halogens is 4. The number of nitrogens with zero attached hydrogens (tertiary/aromatic N) is 1. The largest absolute Gasteiger partial charge is 0.418 e. The zero-order valence-electron chi connectivity index (χ0n) is 13.7. The predicted octanol–water partition coefficient (Wildman–Crippen LogP) is 5.24. The van der Waals surface area contributed by atoms with Gasteiger partial charge >= 0.3 is 6.18 Å². The highest BCUT2D eigenvalue weighted by Crippen LogP contribution is 2.35. The van der Waals surface area contributed by atoms with Crippen molar-refractivity contribution in [3.05, 3.63) is 83.9 Å². The fourth-order valence-corrected chi connectivity index (χ4v) is 2.36. The van der Waals surface area contributed by atoms with E-state index in [1.165, 1.54) is 60.9 Å². The lowest BCUT2D eigenvalue weighted by Gasteiger charge is -2.14. The van der Waals surface area contributed by atoms with Crippen molar-refractivity contribution in [3.63, 3.8) is 0 Å². The van der Waals surface area contributed by atoms with E-state index in [-0.39, 0.29) is 16.9 Å². The molecule has 8 heteroatoms. The first-order chi connectivity index (χ1) is 12.8. The number of benzene rings is 2. The summed E-state index contributed by atoms with van der Waals surface area (Å²) in [5.41, 5.74) is -0.247. The van der Waals surface area contributed by atoms with E-state index in [0.29, 0.717) is 5.69 Å². The number of hydrogen-bond donors (Lipinski definition) is 2. The van der Waals surface area contributed by atoms with E-state index in [4.69, 9.17) is 0 Å². The van der Waals surface area contributed by atoms with Crippen LogP contribution in [0.3, 0.4) is 0 Å². The van der Waals surface area contributed by atoms with Gasteiger partial charge in [0.05, 0.1) is 28.7 Å². The number of alkyl halides is 3. The first-order valence-corrected chi connectivity index (χ1v) is 7.78. The Balaban J connectivity index is 1.80. The second-order valence-corrected chi connectivity index (χ2v) is 5.59. The summed E-state index contributed by atoms with van der Waals surface area (Å²) in [5, 5.41) is 5.19. The molecule has 0 aliphatic carbocycles. The molecule has 1 amide bonds. The van der Waals surface area contributed by atoms with Crippen molar-refractivity contribution < 1.29 is 22.4 Å². The molecule has 4 nitrogen and oxygen atoms in total. The Bertz CT molecular complexity index is 956. The fourth-order valence-electron chi connectivity index (χ4n) is 2.36. The summed E-state index contributed by atoms with van der Waals surface area (Å²) in [6, 6.07) is 11.5. The molecule has 0 saturated carbocycles. The molecule has 1 heterocycles. The van der Waals surface area contributed by atoms with Crippen LogP contribution in [0.15, 0.2) is 67.0 Å². The van der Waals surface area contributed by atoms with Gasteiger partial charge in [0.15, 0.2) is 0 Å². The molecule has 2 N–H and O–H groups in total. The zero-order chi connectivity index (χ0) is 19.4. The molecule has 27 heavy (non-hydrogen) atoms. The van der Waals surface area contributed by atoms with Crippen LogP contribution in [0.4, 0.5) is 34.6 Å². The highest BCUT2D eigenvalue weighted by molar-refractivity contribution is 6.04. The van der Waals surface area contributed by atoms with Crippen molar-refractivity contribution in [2.75, 3.05) is 10.6 Å². The lowest BCUT2D eigenvalue weighted by atomic mass is 10.1. The molecule has 3 rings (SSSR count). The van der Waals surface area contributed by atoms with E-state index in [9.17, 15) is 22.4 Å². The van der Waals surface area contributed by atoms with Crippen LogP contribution in [-0.4, -0.2) is 10.9 Å². The number of nitrogens with one attached hydrogen (secondary N) is 2. The number of anilines is 3. The Morgan fingerprint density at radius 3 is 2.33 bits per heavy atom. The third-order valence-electron chi connectivity index (χ3n) is 3.61. The zero-order valence-corrected chi connectivity index (χ0v) is 13.7. The molecule has 0 atom stereocenters. The van der Waals surface area contributed by atoms with Crippen LogP contribution in [0.2, 0.25) is 0 Å². The van der Waals surface area contributed by atoms with Crippen molar-refractivity contribution in [3.8, 4) is 0 Å². The molecular formula is C19H13F4N3O. The Labute approximate surface area is 151 Å². The Morgan fingerprint density at radius 1 is 0.926 bits per heavy atom. The first-order valence-electron chi connectivity index (χ1n) is 7.78. The molecule has 0 fully saturated rings. The average Bonchev–Trinajstić information content (AvgIpc) is 2.63. The summed E-state index contributed by atoms with van der Waals surface area (Å²) < 4.78 is 52.2. The van der Waals surface area contributed by atoms with Gasteiger partial charge < -0.3 is 10.6 Å². The number of carbonyl (C=O) groups is 1. The summed E-state index contributed by atoms with van der Waals surface area (Å²) in [6.45, 7) is 0. The van der Waals surface area contributed by atoms with Gasteiger partial charge in [-0.25, -0.2) is 4.39 Å². The number of para-hydroxylation sites is 1. The van der Waals surface area contributed by atoms with Crippen LogP contribution in [0, 0.1) is 5.82 Å². The molecule has 138 valence electrons. The maximum absolute atomic E-state index is 13.1. The van der Waals surface area contributed by atoms with Crippen LogP contribution in [0.25, 0.3) is 0 Å². The lowest BCUT2D eigenvalue weighted by molar-refractivity contribution is -0.136. The van der Waals surface area contributed by atoms with E-state index in [1.54, 1.807) is 0 Å². The van der Waals surface area contributed by atoms with Crippen molar-refractivity contribution in [2.45, 2.75) is 6.18 Å². The summed E-state index contributed by atoms with van der Waals surface area (Å²) in [7, 11) is 0. The molecule has 0 bridgehead atoms. The summed E-state index contributed by atoms with van der Waals surface area (Å²) in [6.07, 6.45) is -1.93. The normalized spacial score (nSPS) is 11.1. The van der Waals surface area contributed by atoms with Gasteiger partial charge in [-0.05, 0) is 42.5 Å². The molecule has 0 unspecified atom stereocenters. The standard InChI is InChI=1S/C19H13F4N3O/c20-13-5-7-14(8-6-13)26-18(27)12-9-15(11-24-10-12)25-17-4-2-1-3-16(17)19(21,22)23/h1-11,25H,(H,26,27). The lowest BCUT2D eigenvalue weighted by Crippen LogP contribution is -2.13. The predicted molar refractivity (Wildman–Crippen MR) is 93.3 cm³/mol. The van der Waals surface area contributed by atoms with E-state index >= 15 is 0 Å². The molecule has 0 saturated heterocycles. The van der Waals surface area contributed by atoms with Crippen molar-refractivity contribution in [1.82, 2.24) is 4.98 Å². The molecule has 3 aromatic rings. The molecule has 0 spiro atoms. The highest BCUT2D eigenvalue weighted by Gasteiger charge is 2.33. The number of aromatic nitrogens is 1. The van der Waals surface area contributed by atoms with Crippen molar-refractivity contribution >= 4 is 23.0 Å². The smallest absolute Gasteiger partial charge is 0.354 e. The molecular weight excluding hydrogens is 362 g/mol. The van der Waals surface area contributed by atoms with Gasteiger partial charge in [-0.3, -0.25) is 9.78 Å². The second kappa shape index (κ2) is 7.45. The molecule has 0 aliphatic heterocycles. The van der Waals surface area contributed by atoms with E-state index in [1.807, 2.05) is 0 Å². The minimum absolute atomic E-state index is 0.133. The third-order valence-corrected chi connectivity index (χ3v) is 3.61. The minimum Gasteiger partial charge on any atom is -0.354 e. The van der Waals surface area contributed by atoms with Crippen molar-refractivity contribution in [1.29, 1.82) is 0 Å². The van der Waals surface area contributed by atoms with Crippen LogP contribution >= 0.6 is 0 Å². The van der Waals surface area contributed by atoms with Gasteiger partial charge in [0.2, 0.25) is 0 Å². The highest BCUT2D eigenvalue weighted by atomic mass is 19.4. The maximum Gasteiger partial charge on any atom is 0.418 e. The number of rotatable bonds is 4. The number of hydrogen-bond acceptors (Lipinski definition) is 3. The minimum atomic E-state index is -4.52. The molecule has 2 aromatic carbocycles. The van der Waals surface area contributed by atoms with Gasteiger partial charge in [-0.15, -0.1) is 0 Å². The van der Waals surface area contributed by atoms with Gasteiger partial charge in [0, 0.05) is 11.9 Å². The number of pyridine rings is 1. The fraction of sp³-hybridized carbons (Fsp3) is 0.0526. The molecule has 0 radical (unpaired) electrons. The average molecular weight is 375 g/mol. The quantitative estimate of drug-likeness (QED) is 0.614. The van der Waals surface area contributed by atoms with Crippen LogP contribution in [0.5, 0.6) is 0 Å². The summed E-state index contributed by atoms with van der Waals surface area (Å²) in [5.74, 6) is -0.967. The van der Waals surface area contributed by atoms with Gasteiger partial charge in [-0.2, -0.15) is 13.2 Å². The Hall–Kier alpha value is -3.42. The molecule has 1 aromatic heterocycles. The third kappa shape index (κ3) is 4.60. The van der Waals surface area contributed by atoms with E-state index < -0.39 is 23.5 Å². The van der Waals surface area contributed by atoms with Crippen LogP contribution in [-0.2, 0) is 6.18 Å². The summed E-state index contributed by atoms with van der Waals surface area (Å²) >= 11 is 0. The SMILES string of the molecule is O=C(Nc1ccc(F)cc1)c1cncc(Nc2ccccc2C(F)(F)F)c1. The topological polar surface area (TPSA) is 54.0 Å². The Kier molecular flexibility index (Phi) is 5.07. The molecule has 0 aliphatic rings. The monoisotopic (exact) mass is 375 g/mol. The van der Waals surface area contributed by atoms with E-state index in [2.05, 4.69) is 15.6 Å². The van der Waals surface area contributed by atoms with Gasteiger partial charge in [0.1, 0.15) is 5.82 Å². The van der Waals surface area contributed by atoms with E-state index in [0.717, 1.165) is 6.07 Å². The van der Waals surface area contributed by atoms with Gasteiger partial charge in [-0.1, -0.05) is 12.1 Å². The summed E-state index contributed by atoms with van der Waals surface area (Å²) in [4.78, 5) is 16.2. The van der Waals surface area contributed by atoms with Crippen LogP contribution in [0.1, 0.15) is 15.9 Å². The maximum atomic E-state index is 13.1. The number of carbonyl (C=O) groups excluding carboxylic acids is 1. The van der Waals surface area contributed by atoms with Crippen LogP contribution < -0.4 is 10.6 Å². The van der Waals surface area contributed by atoms with Crippen molar-refractivity contribution in [2.24, 2.45) is 0 Å².